The summed E-state index contributed by atoms with van der Waals surface area (Å²) in [6.45, 7) is 1.43. The van der Waals surface area contributed by atoms with Crippen molar-refractivity contribution in [1.29, 1.82) is 0 Å². The lowest BCUT2D eigenvalue weighted by atomic mass is 10.0. The van der Waals surface area contributed by atoms with Crippen molar-refractivity contribution in [3.63, 3.8) is 0 Å². The monoisotopic (exact) mass is 668 g/mol. The Morgan fingerprint density at radius 3 is 2.48 bits per heavy atom. The van der Waals surface area contributed by atoms with E-state index < -0.39 is 0 Å². The van der Waals surface area contributed by atoms with E-state index in [2.05, 4.69) is 38.4 Å². The van der Waals surface area contributed by atoms with Gasteiger partial charge in [-0.15, -0.1) is 0 Å². The zero-order valence-corrected chi connectivity index (χ0v) is 28.6. The summed E-state index contributed by atoms with van der Waals surface area (Å²) in [5.74, 6) is 0.675. The van der Waals surface area contributed by atoms with Crippen molar-refractivity contribution in [2.75, 3.05) is 18.4 Å². The maximum absolute atomic E-state index is 13.3. The SMILES string of the molecule is Cn1cncc1-c1cc(-c2nc3cc(C(=O)NCCCCCCCCCCN)ccc3n2-c2ccc3c(c2)CCC(=O)N3)c2ccccc2n1. The smallest absolute Gasteiger partial charge is 0.251 e. The highest BCUT2D eigenvalue weighted by atomic mass is 16.2. The van der Waals surface area contributed by atoms with E-state index in [9.17, 15) is 9.59 Å². The largest absolute Gasteiger partial charge is 0.352 e. The Hall–Kier alpha value is -5.35. The van der Waals surface area contributed by atoms with Crippen LogP contribution in [0.15, 0.2) is 79.3 Å². The number of hydrogen-bond donors (Lipinski definition) is 3. The number of carbonyl (C=O) groups excluding carboxylic acids is 2. The molecule has 0 unspecified atom stereocenters. The first kappa shape index (κ1) is 33.2. The number of unbranched alkanes of at least 4 members (excludes halogenated alkanes) is 7. The summed E-state index contributed by atoms with van der Waals surface area (Å²) < 4.78 is 4.11. The standard InChI is InChI=1S/C40H44N8O2/c1-47-26-42-25-37(47)35-24-31(30-12-8-9-13-33(30)44-35)39-46-34-23-28(40(50)43-21-11-7-5-3-2-4-6-10-20-41)14-18-36(34)48(39)29-16-17-32-27(22-29)15-19-38(49)45-32/h8-9,12-14,16-18,22-26H,2-7,10-11,15,19-21,41H2,1H3,(H,43,50)(H,45,49). The molecule has 0 aliphatic carbocycles. The highest BCUT2D eigenvalue weighted by Crippen LogP contribution is 2.37. The van der Waals surface area contributed by atoms with Gasteiger partial charge in [0.15, 0.2) is 0 Å². The summed E-state index contributed by atoms with van der Waals surface area (Å²) in [5, 5.41) is 7.09. The zero-order chi connectivity index (χ0) is 34.5. The van der Waals surface area contributed by atoms with Gasteiger partial charge in [-0.2, -0.15) is 0 Å². The van der Waals surface area contributed by atoms with Crippen LogP contribution >= 0.6 is 0 Å². The summed E-state index contributed by atoms with van der Waals surface area (Å²) >= 11 is 0. The number of benzene rings is 3. The summed E-state index contributed by atoms with van der Waals surface area (Å²) in [5.41, 5.74) is 14.1. The van der Waals surface area contributed by atoms with Gasteiger partial charge < -0.3 is 20.9 Å². The molecule has 2 amide bonds. The van der Waals surface area contributed by atoms with Crippen molar-refractivity contribution in [1.82, 2.24) is 29.4 Å². The van der Waals surface area contributed by atoms with Crippen LogP contribution in [0.1, 0.15) is 73.7 Å². The van der Waals surface area contributed by atoms with Crippen LogP contribution in [0.4, 0.5) is 5.69 Å². The first-order valence-electron chi connectivity index (χ1n) is 17.8. The number of rotatable bonds is 14. The van der Waals surface area contributed by atoms with Gasteiger partial charge in [0.25, 0.3) is 5.91 Å². The molecule has 50 heavy (non-hydrogen) atoms. The molecule has 6 aromatic rings. The Bertz CT molecular complexity index is 2160. The molecule has 4 N–H and O–H groups in total. The minimum absolute atomic E-state index is 0.0323. The molecule has 1 aliphatic heterocycles. The molecule has 7 rings (SSSR count). The lowest BCUT2D eigenvalue weighted by molar-refractivity contribution is -0.116. The van der Waals surface area contributed by atoms with Gasteiger partial charge in [0.05, 0.1) is 40.5 Å². The third-order valence-corrected chi connectivity index (χ3v) is 9.61. The number of nitrogens with one attached hydrogen (secondary N) is 2. The van der Waals surface area contributed by atoms with Gasteiger partial charge in [0, 0.05) is 47.9 Å². The summed E-state index contributed by atoms with van der Waals surface area (Å²) in [4.78, 5) is 40.0. The van der Waals surface area contributed by atoms with Crippen LogP contribution in [0.25, 0.3) is 50.4 Å². The lowest BCUT2D eigenvalue weighted by Crippen LogP contribution is -2.24. The van der Waals surface area contributed by atoms with E-state index >= 15 is 0 Å². The molecule has 0 radical (unpaired) electrons. The molecular weight excluding hydrogens is 624 g/mol. The van der Waals surface area contributed by atoms with Crippen LogP contribution in [0.3, 0.4) is 0 Å². The second kappa shape index (κ2) is 15.0. The second-order valence-electron chi connectivity index (χ2n) is 13.2. The van der Waals surface area contributed by atoms with Crippen LogP contribution in [0, 0.1) is 0 Å². The van der Waals surface area contributed by atoms with Gasteiger partial charge >= 0.3 is 0 Å². The Morgan fingerprint density at radius 2 is 1.68 bits per heavy atom. The number of fused-ring (bicyclic) bond motifs is 3. The minimum Gasteiger partial charge on any atom is -0.352 e. The fourth-order valence-electron chi connectivity index (χ4n) is 6.90. The second-order valence-corrected chi connectivity index (χ2v) is 13.2. The number of para-hydroxylation sites is 1. The zero-order valence-electron chi connectivity index (χ0n) is 28.6. The summed E-state index contributed by atoms with van der Waals surface area (Å²) in [6, 6.07) is 22.0. The van der Waals surface area contributed by atoms with Crippen LogP contribution < -0.4 is 16.4 Å². The maximum Gasteiger partial charge on any atom is 0.251 e. The van der Waals surface area contributed by atoms with Crippen LogP contribution in [0.5, 0.6) is 0 Å². The molecule has 3 aromatic carbocycles. The van der Waals surface area contributed by atoms with Crippen LogP contribution in [-0.4, -0.2) is 49.0 Å². The minimum atomic E-state index is -0.0952. The van der Waals surface area contributed by atoms with E-state index in [1.54, 1.807) is 6.33 Å². The van der Waals surface area contributed by atoms with E-state index in [4.69, 9.17) is 15.7 Å². The normalized spacial score (nSPS) is 12.7. The Kier molecular flexibility index (Phi) is 9.98. The van der Waals surface area contributed by atoms with Gasteiger partial charge in [-0.05, 0) is 79.9 Å². The quantitative estimate of drug-likeness (QED) is 0.104. The average Bonchev–Trinajstić information content (AvgIpc) is 3.74. The van der Waals surface area contributed by atoms with Crippen molar-refractivity contribution in [2.24, 2.45) is 12.8 Å². The fourth-order valence-corrected chi connectivity index (χ4v) is 6.90. The highest BCUT2D eigenvalue weighted by molar-refractivity contribution is 6.01. The third kappa shape index (κ3) is 7.02. The summed E-state index contributed by atoms with van der Waals surface area (Å²) in [6.07, 6.45) is 14.0. The molecule has 0 spiro atoms. The number of nitrogens with zero attached hydrogens (tertiary/aromatic N) is 5. The molecule has 0 saturated heterocycles. The van der Waals surface area contributed by atoms with E-state index in [1.165, 1.54) is 32.1 Å². The number of amides is 2. The number of imidazole rings is 2. The van der Waals surface area contributed by atoms with Crippen molar-refractivity contribution in [3.05, 3.63) is 90.4 Å². The lowest BCUT2D eigenvalue weighted by Gasteiger charge is -2.19. The van der Waals surface area contributed by atoms with Crippen LogP contribution in [-0.2, 0) is 18.3 Å². The van der Waals surface area contributed by atoms with E-state index in [0.717, 1.165) is 87.5 Å². The number of pyridine rings is 1. The van der Waals surface area contributed by atoms with Gasteiger partial charge in [-0.25, -0.2) is 15.0 Å². The van der Waals surface area contributed by atoms with E-state index in [0.29, 0.717) is 24.9 Å². The fraction of sp³-hybridized carbons (Fsp3) is 0.325. The molecule has 10 heteroatoms. The van der Waals surface area contributed by atoms with Crippen molar-refractivity contribution in [2.45, 2.75) is 64.2 Å². The number of carbonyl (C=O) groups is 2. The molecule has 0 saturated carbocycles. The van der Waals surface area contributed by atoms with Crippen molar-refractivity contribution in [3.8, 4) is 28.5 Å². The molecule has 256 valence electrons. The molecule has 4 heterocycles. The summed E-state index contributed by atoms with van der Waals surface area (Å²) in [7, 11) is 1.96. The number of anilines is 1. The Labute approximate surface area is 292 Å². The average molecular weight is 669 g/mol. The van der Waals surface area contributed by atoms with Crippen molar-refractivity contribution < 1.29 is 9.59 Å². The van der Waals surface area contributed by atoms with E-state index in [1.807, 2.05) is 66.3 Å². The first-order chi connectivity index (χ1) is 24.5. The number of aryl methyl sites for hydroxylation is 2. The maximum atomic E-state index is 13.3. The molecule has 0 atom stereocenters. The molecule has 0 bridgehead atoms. The highest BCUT2D eigenvalue weighted by Gasteiger charge is 2.22. The van der Waals surface area contributed by atoms with E-state index in [-0.39, 0.29) is 11.8 Å². The van der Waals surface area contributed by atoms with Gasteiger partial charge in [-0.1, -0.05) is 56.7 Å². The Balaban J connectivity index is 1.22. The molecule has 0 fully saturated rings. The first-order valence-corrected chi connectivity index (χ1v) is 17.8. The number of nitrogens with two attached hydrogens (primary N) is 1. The molecule has 10 nitrogen and oxygen atoms in total. The number of hydrogen-bond acceptors (Lipinski definition) is 6. The molecule has 3 aromatic heterocycles. The molecular formula is C40H44N8O2. The topological polar surface area (TPSA) is 133 Å². The van der Waals surface area contributed by atoms with Crippen LogP contribution in [0.2, 0.25) is 0 Å². The van der Waals surface area contributed by atoms with Gasteiger partial charge in [0.1, 0.15) is 5.82 Å². The third-order valence-electron chi connectivity index (χ3n) is 9.61. The van der Waals surface area contributed by atoms with Gasteiger partial charge in [0.2, 0.25) is 5.91 Å². The number of aromatic nitrogens is 5. The predicted molar refractivity (Wildman–Crippen MR) is 199 cm³/mol. The molecule has 1 aliphatic rings. The Morgan fingerprint density at radius 1 is 0.880 bits per heavy atom. The predicted octanol–water partition coefficient (Wildman–Crippen LogP) is 7.34. The van der Waals surface area contributed by atoms with Crippen molar-refractivity contribution >= 4 is 39.4 Å². The van der Waals surface area contributed by atoms with Gasteiger partial charge in [-0.3, -0.25) is 14.2 Å².